The lowest BCUT2D eigenvalue weighted by molar-refractivity contribution is -0.537. The predicted octanol–water partition coefficient (Wildman–Crippen LogP) is 3.22. The van der Waals surface area contributed by atoms with Crippen molar-refractivity contribution in [3.8, 4) is 0 Å². The van der Waals surface area contributed by atoms with Crippen molar-refractivity contribution in [2.24, 2.45) is 11.8 Å². The summed E-state index contributed by atoms with van der Waals surface area (Å²) in [5, 5.41) is 22.6. The Labute approximate surface area is 140 Å². The maximum Gasteiger partial charge on any atom is 0.338 e. The van der Waals surface area contributed by atoms with Gasteiger partial charge in [0, 0.05) is 16.8 Å². The first-order chi connectivity index (χ1) is 11.6. The first-order valence-corrected chi connectivity index (χ1v) is 8.34. The molecule has 0 bridgehead atoms. The molecule has 1 saturated carbocycles. The smallest absolute Gasteiger partial charge is 0.338 e. The number of hydrogen-bond acceptors (Lipinski definition) is 5. The number of allylic oxidation sites excluding steroid dienone is 1. The van der Waals surface area contributed by atoms with Crippen LogP contribution in [0.2, 0.25) is 0 Å². The summed E-state index contributed by atoms with van der Waals surface area (Å²) in [4.78, 5) is 24.1. The molecule has 0 amide bonds. The fourth-order valence-corrected chi connectivity index (χ4v) is 4.26. The van der Waals surface area contributed by atoms with Crippen LogP contribution in [0.15, 0.2) is 41.7 Å². The van der Waals surface area contributed by atoms with E-state index in [0.29, 0.717) is 18.4 Å². The molecule has 1 N–H and O–H groups in total. The van der Waals surface area contributed by atoms with Crippen molar-refractivity contribution in [2.45, 2.75) is 38.1 Å². The number of rotatable bonds is 4. The maximum absolute atomic E-state index is 12.5. The van der Waals surface area contributed by atoms with Crippen LogP contribution in [0.3, 0.4) is 0 Å². The molecule has 2 aliphatic rings. The highest BCUT2D eigenvalue weighted by atomic mass is 16.6. The molecule has 6 nitrogen and oxygen atoms in total. The Balaban J connectivity index is 2.17. The zero-order valence-electron chi connectivity index (χ0n) is 13.6. The van der Waals surface area contributed by atoms with E-state index in [-0.39, 0.29) is 34.7 Å². The third-order valence-corrected chi connectivity index (χ3v) is 5.19. The molecule has 2 aliphatic carbocycles. The van der Waals surface area contributed by atoms with Crippen LogP contribution in [-0.4, -0.2) is 28.6 Å². The van der Waals surface area contributed by atoms with Crippen molar-refractivity contribution < 1.29 is 19.6 Å². The van der Waals surface area contributed by atoms with Crippen LogP contribution < -0.4 is 0 Å². The van der Waals surface area contributed by atoms with E-state index in [1.807, 2.05) is 6.07 Å². The topological polar surface area (TPSA) is 89.7 Å². The van der Waals surface area contributed by atoms with E-state index in [0.717, 1.165) is 6.42 Å². The van der Waals surface area contributed by atoms with Gasteiger partial charge in [-0.15, -0.1) is 0 Å². The molecule has 0 aromatic heterocycles. The van der Waals surface area contributed by atoms with Crippen LogP contribution in [0.5, 0.6) is 0 Å². The Hall–Kier alpha value is -2.37. The van der Waals surface area contributed by atoms with Gasteiger partial charge in [0.25, 0.3) is 0 Å². The molecule has 4 atom stereocenters. The Morgan fingerprint density at radius 2 is 2.04 bits per heavy atom. The molecule has 1 aromatic rings. The van der Waals surface area contributed by atoms with Crippen molar-refractivity contribution in [1.29, 1.82) is 0 Å². The van der Waals surface area contributed by atoms with E-state index >= 15 is 0 Å². The third-order valence-electron chi connectivity index (χ3n) is 5.19. The second kappa shape index (κ2) is 6.63. The standard InChI is InChI=1S/C18H21NO5/c1-2-24-18(21)15-14(11-7-4-3-5-8-11)16(19(22)23)12-9-6-10-13(12)17(15)20/h3-5,7-8,12-14,16,20H,2,6,9-10H2,1H3/t12-,13+,14-,16+/m1/s1. The number of ether oxygens (including phenoxy) is 1. The highest BCUT2D eigenvalue weighted by Crippen LogP contribution is 2.51. The number of benzene rings is 1. The van der Waals surface area contributed by atoms with Gasteiger partial charge in [-0.05, 0) is 25.3 Å². The van der Waals surface area contributed by atoms with E-state index in [1.54, 1.807) is 31.2 Å². The van der Waals surface area contributed by atoms with E-state index < -0.39 is 17.9 Å². The average molecular weight is 331 g/mol. The van der Waals surface area contributed by atoms with Gasteiger partial charge in [0.2, 0.25) is 6.04 Å². The van der Waals surface area contributed by atoms with Gasteiger partial charge in [-0.1, -0.05) is 36.8 Å². The second-order valence-electron chi connectivity index (χ2n) is 6.38. The molecule has 0 unspecified atom stereocenters. The summed E-state index contributed by atoms with van der Waals surface area (Å²) >= 11 is 0. The van der Waals surface area contributed by atoms with Gasteiger partial charge < -0.3 is 9.84 Å². The lowest BCUT2D eigenvalue weighted by atomic mass is 9.69. The molecule has 0 spiro atoms. The normalized spacial score (nSPS) is 29.2. The fourth-order valence-electron chi connectivity index (χ4n) is 4.26. The first kappa shape index (κ1) is 16.5. The van der Waals surface area contributed by atoms with Crippen LogP contribution >= 0.6 is 0 Å². The highest BCUT2D eigenvalue weighted by Gasteiger charge is 2.55. The van der Waals surface area contributed by atoms with E-state index in [9.17, 15) is 20.0 Å². The first-order valence-electron chi connectivity index (χ1n) is 8.34. The minimum atomic E-state index is -0.921. The molecule has 6 heteroatoms. The number of aliphatic hydroxyl groups excluding tert-OH is 1. The minimum absolute atomic E-state index is 0.0112. The largest absolute Gasteiger partial charge is 0.511 e. The molecular weight excluding hydrogens is 310 g/mol. The predicted molar refractivity (Wildman–Crippen MR) is 87.1 cm³/mol. The maximum atomic E-state index is 12.5. The number of aliphatic hydroxyl groups is 1. The molecule has 0 heterocycles. The van der Waals surface area contributed by atoms with Gasteiger partial charge in [-0.2, -0.15) is 0 Å². The monoisotopic (exact) mass is 331 g/mol. The number of nitrogens with zero attached hydrogens (tertiary/aromatic N) is 1. The van der Waals surface area contributed by atoms with Gasteiger partial charge in [-0.25, -0.2) is 4.79 Å². The molecule has 0 aliphatic heterocycles. The zero-order valence-corrected chi connectivity index (χ0v) is 13.6. The van der Waals surface area contributed by atoms with E-state index in [2.05, 4.69) is 0 Å². The van der Waals surface area contributed by atoms with Crippen LogP contribution in [0.4, 0.5) is 0 Å². The van der Waals surface area contributed by atoms with Gasteiger partial charge in [0.15, 0.2) is 0 Å². The number of esters is 1. The van der Waals surface area contributed by atoms with E-state index in [4.69, 9.17) is 4.74 Å². The number of carbonyl (C=O) groups is 1. The lowest BCUT2D eigenvalue weighted by Gasteiger charge is -2.35. The molecule has 128 valence electrons. The van der Waals surface area contributed by atoms with Crippen molar-refractivity contribution in [3.63, 3.8) is 0 Å². The Kier molecular flexibility index (Phi) is 4.55. The Bertz CT molecular complexity index is 669. The molecular formula is C18H21NO5. The van der Waals surface area contributed by atoms with Crippen LogP contribution in [-0.2, 0) is 9.53 Å². The Morgan fingerprint density at radius 3 is 2.67 bits per heavy atom. The Morgan fingerprint density at radius 1 is 1.33 bits per heavy atom. The SMILES string of the molecule is CCOC(=O)C1=C(O)[C@H]2CCC[C@H]2[C@H]([N+](=O)[O-])[C@@H]1c1ccccc1. The quantitative estimate of drug-likeness (QED) is 0.520. The highest BCUT2D eigenvalue weighted by molar-refractivity contribution is 5.91. The van der Waals surface area contributed by atoms with Gasteiger partial charge in [0.1, 0.15) is 5.76 Å². The van der Waals surface area contributed by atoms with Crippen molar-refractivity contribution in [1.82, 2.24) is 0 Å². The fraction of sp³-hybridized carbons (Fsp3) is 0.500. The summed E-state index contributed by atoms with van der Waals surface area (Å²) in [6.07, 6.45) is 2.19. The number of fused-ring (bicyclic) bond motifs is 1. The molecule has 3 rings (SSSR count). The van der Waals surface area contributed by atoms with Gasteiger partial charge >= 0.3 is 5.97 Å². The van der Waals surface area contributed by atoms with Crippen LogP contribution in [0.25, 0.3) is 0 Å². The summed E-state index contributed by atoms with van der Waals surface area (Å²) in [6, 6.07) is 8.00. The number of hydrogen-bond donors (Lipinski definition) is 1. The minimum Gasteiger partial charge on any atom is -0.511 e. The molecule has 1 aromatic carbocycles. The molecule has 1 fully saturated rings. The number of carbonyl (C=O) groups excluding carboxylic acids is 1. The van der Waals surface area contributed by atoms with Gasteiger partial charge in [0.05, 0.1) is 18.1 Å². The van der Waals surface area contributed by atoms with Crippen molar-refractivity contribution in [3.05, 3.63) is 57.3 Å². The van der Waals surface area contributed by atoms with Crippen molar-refractivity contribution in [2.75, 3.05) is 6.61 Å². The molecule has 0 radical (unpaired) electrons. The van der Waals surface area contributed by atoms with Crippen LogP contribution in [0.1, 0.15) is 37.7 Å². The molecule has 24 heavy (non-hydrogen) atoms. The van der Waals surface area contributed by atoms with Crippen LogP contribution in [0, 0.1) is 22.0 Å². The number of nitro groups is 1. The van der Waals surface area contributed by atoms with Crippen molar-refractivity contribution >= 4 is 5.97 Å². The second-order valence-corrected chi connectivity index (χ2v) is 6.38. The van der Waals surface area contributed by atoms with Gasteiger partial charge in [-0.3, -0.25) is 10.1 Å². The molecule has 0 saturated heterocycles. The third kappa shape index (κ3) is 2.66. The summed E-state index contributed by atoms with van der Waals surface area (Å²) in [5.74, 6) is -2.01. The summed E-state index contributed by atoms with van der Waals surface area (Å²) in [5.41, 5.74) is 0.729. The van der Waals surface area contributed by atoms with E-state index in [1.165, 1.54) is 0 Å². The summed E-state index contributed by atoms with van der Waals surface area (Å²) in [6.45, 7) is 1.84. The summed E-state index contributed by atoms with van der Waals surface area (Å²) in [7, 11) is 0. The lowest BCUT2D eigenvalue weighted by Crippen LogP contribution is -2.44. The zero-order chi connectivity index (χ0) is 17.3. The average Bonchev–Trinajstić information content (AvgIpc) is 3.05. The summed E-state index contributed by atoms with van der Waals surface area (Å²) < 4.78 is 5.10.